The number of hydrogen-bond acceptors (Lipinski definition) is 2. The second kappa shape index (κ2) is 8.99. The van der Waals surface area contributed by atoms with E-state index in [0.29, 0.717) is 13.1 Å². The summed E-state index contributed by atoms with van der Waals surface area (Å²) in [6.07, 6.45) is 7.04. The van der Waals surface area contributed by atoms with E-state index < -0.39 is 0 Å². The summed E-state index contributed by atoms with van der Waals surface area (Å²) in [6, 6.07) is 0. The maximum absolute atomic E-state index is 10.9. The number of amides is 2. The van der Waals surface area contributed by atoms with Gasteiger partial charge < -0.3 is 10.6 Å². The van der Waals surface area contributed by atoms with Gasteiger partial charge in [-0.05, 0) is 32.4 Å². The summed E-state index contributed by atoms with van der Waals surface area (Å²) in [6.45, 7) is 4.71. The molecule has 0 aliphatic heterocycles. The molecule has 2 N–H and O–H groups in total. The minimum Gasteiger partial charge on any atom is -0.352 e. The van der Waals surface area contributed by atoms with E-state index in [-0.39, 0.29) is 11.8 Å². The van der Waals surface area contributed by atoms with Gasteiger partial charge in [0.15, 0.2) is 0 Å². The van der Waals surface area contributed by atoms with Gasteiger partial charge >= 0.3 is 0 Å². The van der Waals surface area contributed by atoms with E-state index in [0.717, 1.165) is 6.42 Å². The summed E-state index contributed by atoms with van der Waals surface area (Å²) in [4.78, 5) is 21.9. The van der Waals surface area contributed by atoms with Crippen molar-refractivity contribution in [3.05, 3.63) is 24.3 Å². The maximum atomic E-state index is 10.9. The zero-order valence-electron chi connectivity index (χ0n) is 9.25. The Balaban J connectivity index is 3.40. The van der Waals surface area contributed by atoms with Gasteiger partial charge in [-0.25, -0.2) is 0 Å². The normalized spacial score (nSPS) is 10.8. The lowest BCUT2D eigenvalue weighted by atomic mass is 10.4. The molecule has 15 heavy (non-hydrogen) atoms. The molecule has 0 fully saturated rings. The second-order valence-corrected chi connectivity index (χ2v) is 2.94. The average molecular weight is 210 g/mol. The van der Waals surface area contributed by atoms with Crippen LogP contribution in [0.4, 0.5) is 0 Å². The third kappa shape index (κ3) is 8.74. The molecule has 0 aromatic carbocycles. The monoisotopic (exact) mass is 210 g/mol. The highest BCUT2D eigenvalue weighted by molar-refractivity contribution is 5.87. The first-order valence-electron chi connectivity index (χ1n) is 5.01. The number of nitrogens with one attached hydrogen (secondary N) is 2. The molecule has 0 radical (unpaired) electrons. The Hall–Kier alpha value is -1.58. The van der Waals surface area contributed by atoms with Crippen LogP contribution in [0.5, 0.6) is 0 Å². The molecule has 0 saturated heterocycles. The fourth-order valence-electron chi connectivity index (χ4n) is 0.932. The molecular formula is C11H18N2O2. The number of carbonyl (C=O) groups is 2. The molecule has 0 aliphatic carbocycles. The van der Waals surface area contributed by atoms with Crippen molar-refractivity contribution in [2.45, 2.75) is 20.3 Å². The van der Waals surface area contributed by atoms with Gasteiger partial charge in [0.1, 0.15) is 0 Å². The Morgan fingerprint density at radius 3 is 1.67 bits per heavy atom. The highest BCUT2D eigenvalue weighted by Gasteiger charge is 1.95. The molecule has 0 aromatic heterocycles. The van der Waals surface area contributed by atoms with E-state index in [1.807, 2.05) is 0 Å². The summed E-state index contributed by atoms with van der Waals surface area (Å²) in [5, 5.41) is 5.39. The molecule has 0 aliphatic rings. The van der Waals surface area contributed by atoms with Crippen LogP contribution in [0.15, 0.2) is 24.3 Å². The lowest BCUT2D eigenvalue weighted by Crippen LogP contribution is -2.28. The van der Waals surface area contributed by atoms with Crippen LogP contribution >= 0.6 is 0 Å². The molecular weight excluding hydrogens is 192 g/mol. The summed E-state index contributed by atoms with van der Waals surface area (Å²) in [5.74, 6) is -0.199. The Morgan fingerprint density at radius 2 is 1.33 bits per heavy atom. The summed E-state index contributed by atoms with van der Waals surface area (Å²) >= 11 is 0. The minimum atomic E-state index is -0.0997. The smallest absolute Gasteiger partial charge is 0.243 e. The highest BCUT2D eigenvalue weighted by Crippen LogP contribution is 1.78. The van der Waals surface area contributed by atoms with E-state index in [1.165, 1.54) is 12.2 Å². The van der Waals surface area contributed by atoms with Gasteiger partial charge in [-0.3, -0.25) is 9.59 Å². The fourth-order valence-corrected chi connectivity index (χ4v) is 0.932. The molecule has 4 heteroatoms. The lowest BCUT2D eigenvalue weighted by molar-refractivity contribution is -0.116. The van der Waals surface area contributed by atoms with Gasteiger partial charge in [0.05, 0.1) is 0 Å². The van der Waals surface area contributed by atoms with Crippen LogP contribution in [-0.4, -0.2) is 24.9 Å². The largest absolute Gasteiger partial charge is 0.352 e. The van der Waals surface area contributed by atoms with Crippen LogP contribution in [0.1, 0.15) is 20.3 Å². The van der Waals surface area contributed by atoms with Crippen molar-refractivity contribution in [1.29, 1.82) is 0 Å². The number of hydrogen-bond donors (Lipinski definition) is 2. The predicted molar refractivity (Wildman–Crippen MR) is 60.3 cm³/mol. The number of allylic oxidation sites excluding steroid dienone is 2. The van der Waals surface area contributed by atoms with Crippen molar-refractivity contribution >= 4 is 11.8 Å². The zero-order chi connectivity index (χ0) is 11.5. The molecule has 0 aromatic rings. The topological polar surface area (TPSA) is 58.2 Å². The zero-order valence-corrected chi connectivity index (χ0v) is 9.25. The van der Waals surface area contributed by atoms with Crippen molar-refractivity contribution in [3.8, 4) is 0 Å². The first-order valence-corrected chi connectivity index (χ1v) is 5.01. The highest BCUT2D eigenvalue weighted by atomic mass is 16.2. The van der Waals surface area contributed by atoms with Crippen LogP contribution in [0.3, 0.4) is 0 Å². The summed E-state index contributed by atoms with van der Waals surface area (Å²) < 4.78 is 0. The van der Waals surface area contributed by atoms with Crippen LogP contribution in [0, 0.1) is 0 Å². The van der Waals surface area contributed by atoms with Gasteiger partial charge in [0.2, 0.25) is 11.8 Å². The second-order valence-electron chi connectivity index (χ2n) is 2.94. The number of rotatable bonds is 6. The quantitative estimate of drug-likeness (QED) is 0.502. The molecule has 0 heterocycles. The van der Waals surface area contributed by atoms with E-state index in [4.69, 9.17) is 0 Å². The SMILES string of the molecule is CC=CC(=O)NCCCNC(=O)C=CC. The molecule has 0 spiro atoms. The van der Waals surface area contributed by atoms with E-state index in [1.54, 1.807) is 26.0 Å². The third-order valence-corrected chi connectivity index (χ3v) is 1.59. The van der Waals surface area contributed by atoms with Crippen LogP contribution < -0.4 is 10.6 Å². The van der Waals surface area contributed by atoms with Crippen molar-refractivity contribution < 1.29 is 9.59 Å². The van der Waals surface area contributed by atoms with Crippen molar-refractivity contribution in [3.63, 3.8) is 0 Å². The molecule has 0 saturated carbocycles. The van der Waals surface area contributed by atoms with Crippen LogP contribution in [-0.2, 0) is 9.59 Å². The van der Waals surface area contributed by atoms with E-state index >= 15 is 0 Å². The molecule has 0 unspecified atom stereocenters. The fraction of sp³-hybridized carbons (Fsp3) is 0.455. The maximum Gasteiger partial charge on any atom is 0.243 e. The first kappa shape index (κ1) is 13.4. The third-order valence-electron chi connectivity index (χ3n) is 1.59. The van der Waals surface area contributed by atoms with Gasteiger partial charge in [0, 0.05) is 13.1 Å². The van der Waals surface area contributed by atoms with Gasteiger partial charge in [-0.1, -0.05) is 12.2 Å². The molecule has 0 atom stereocenters. The van der Waals surface area contributed by atoms with Gasteiger partial charge in [-0.15, -0.1) is 0 Å². The molecule has 84 valence electrons. The van der Waals surface area contributed by atoms with Gasteiger partial charge in [-0.2, -0.15) is 0 Å². The van der Waals surface area contributed by atoms with Crippen molar-refractivity contribution in [1.82, 2.24) is 10.6 Å². The molecule has 2 amide bonds. The molecule has 0 bridgehead atoms. The summed E-state index contributed by atoms with van der Waals surface area (Å²) in [5.41, 5.74) is 0. The first-order chi connectivity index (χ1) is 7.20. The number of carbonyl (C=O) groups excluding carboxylic acids is 2. The minimum absolute atomic E-state index is 0.0997. The Kier molecular flexibility index (Phi) is 8.05. The van der Waals surface area contributed by atoms with Crippen LogP contribution in [0.2, 0.25) is 0 Å². The average Bonchev–Trinajstić information content (AvgIpc) is 2.18. The lowest BCUT2D eigenvalue weighted by Gasteiger charge is -2.02. The van der Waals surface area contributed by atoms with E-state index in [2.05, 4.69) is 10.6 Å². The Bertz CT molecular complexity index is 231. The van der Waals surface area contributed by atoms with Crippen molar-refractivity contribution in [2.75, 3.05) is 13.1 Å². The van der Waals surface area contributed by atoms with Crippen molar-refractivity contribution in [2.24, 2.45) is 0 Å². The van der Waals surface area contributed by atoms with Gasteiger partial charge in [0.25, 0.3) is 0 Å². The molecule has 4 nitrogen and oxygen atoms in total. The Morgan fingerprint density at radius 1 is 0.933 bits per heavy atom. The van der Waals surface area contributed by atoms with Crippen LogP contribution in [0.25, 0.3) is 0 Å². The standard InChI is InChI=1S/C11H18N2O2/c1-3-6-10(14)12-8-5-9-13-11(15)7-4-2/h3-4,6-7H,5,8-9H2,1-2H3,(H,12,14)(H,13,15). The summed E-state index contributed by atoms with van der Waals surface area (Å²) in [7, 11) is 0. The Labute approximate surface area is 90.4 Å². The molecule has 0 rings (SSSR count). The van der Waals surface area contributed by atoms with E-state index in [9.17, 15) is 9.59 Å². The predicted octanol–water partition coefficient (Wildman–Crippen LogP) is 0.761.